The first kappa shape index (κ1) is 14.0. The molecule has 1 atom stereocenters. The highest BCUT2D eigenvalue weighted by Gasteiger charge is 2.46. The standard InChI is InChI=1S/C12H22N2O3/c1-5-12(6-7-13-8-12)9(15)14(4)11(2,3)10(16)17/h13H,5-8H2,1-4H3,(H,16,17). The van der Waals surface area contributed by atoms with Gasteiger partial charge in [-0.2, -0.15) is 0 Å². The molecule has 0 aliphatic carbocycles. The summed E-state index contributed by atoms with van der Waals surface area (Å²) < 4.78 is 0. The third-order valence-electron chi connectivity index (χ3n) is 4.04. The van der Waals surface area contributed by atoms with E-state index in [2.05, 4.69) is 5.32 Å². The van der Waals surface area contributed by atoms with Crippen molar-refractivity contribution in [1.82, 2.24) is 10.2 Å². The first-order valence-corrected chi connectivity index (χ1v) is 6.00. The fourth-order valence-electron chi connectivity index (χ4n) is 2.13. The molecule has 0 spiro atoms. The van der Waals surface area contributed by atoms with Gasteiger partial charge in [-0.3, -0.25) is 4.79 Å². The molecule has 1 saturated heterocycles. The van der Waals surface area contributed by atoms with E-state index in [-0.39, 0.29) is 5.91 Å². The van der Waals surface area contributed by atoms with Crippen LogP contribution in [-0.2, 0) is 9.59 Å². The van der Waals surface area contributed by atoms with Gasteiger partial charge in [0.2, 0.25) is 5.91 Å². The second-order valence-electron chi connectivity index (χ2n) is 5.29. The first-order valence-electron chi connectivity index (χ1n) is 6.00. The van der Waals surface area contributed by atoms with Gasteiger partial charge in [0.25, 0.3) is 0 Å². The van der Waals surface area contributed by atoms with E-state index in [1.165, 1.54) is 4.90 Å². The van der Waals surface area contributed by atoms with Gasteiger partial charge in [-0.1, -0.05) is 6.92 Å². The molecule has 1 aliphatic rings. The van der Waals surface area contributed by atoms with Crippen LogP contribution in [0.15, 0.2) is 0 Å². The van der Waals surface area contributed by atoms with Gasteiger partial charge in [-0.05, 0) is 33.2 Å². The maximum Gasteiger partial charge on any atom is 0.329 e. The minimum absolute atomic E-state index is 0.0719. The molecule has 2 N–H and O–H groups in total. The molecule has 1 rings (SSSR count). The quantitative estimate of drug-likeness (QED) is 0.761. The number of nitrogens with zero attached hydrogens (tertiary/aromatic N) is 1. The Morgan fingerprint density at radius 2 is 2.06 bits per heavy atom. The molecule has 1 aliphatic heterocycles. The molecule has 0 aromatic carbocycles. The lowest BCUT2D eigenvalue weighted by atomic mass is 9.81. The van der Waals surface area contributed by atoms with Gasteiger partial charge in [0, 0.05) is 13.6 Å². The van der Waals surface area contributed by atoms with Gasteiger partial charge >= 0.3 is 5.97 Å². The number of likely N-dealkylation sites (N-methyl/N-ethyl adjacent to an activating group) is 1. The zero-order chi connectivity index (χ0) is 13.3. The third kappa shape index (κ3) is 2.29. The fourth-order valence-corrected chi connectivity index (χ4v) is 2.13. The van der Waals surface area contributed by atoms with Crippen molar-refractivity contribution in [2.75, 3.05) is 20.1 Å². The Labute approximate surface area is 102 Å². The Hall–Kier alpha value is -1.10. The Bertz CT molecular complexity index is 320. The van der Waals surface area contributed by atoms with Gasteiger partial charge < -0.3 is 15.3 Å². The number of carboxylic acids is 1. The van der Waals surface area contributed by atoms with Crippen molar-refractivity contribution in [3.05, 3.63) is 0 Å². The average molecular weight is 242 g/mol. The highest BCUT2D eigenvalue weighted by molar-refractivity contribution is 5.89. The third-order valence-corrected chi connectivity index (χ3v) is 4.04. The van der Waals surface area contributed by atoms with Crippen LogP contribution in [0.1, 0.15) is 33.6 Å². The van der Waals surface area contributed by atoms with Crippen LogP contribution in [-0.4, -0.2) is 47.6 Å². The molecule has 1 heterocycles. The second-order valence-corrected chi connectivity index (χ2v) is 5.29. The molecule has 1 amide bonds. The lowest BCUT2D eigenvalue weighted by molar-refractivity contribution is -0.159. The maximum atomic E-state index is 12.5. The number of hydrogen-bond donors (Lipinski definition) is 2. The minimum atomic E-state index is -1.16. The molecule has 0 radical (unpaired) electrons. The molecule has 0 aromatic rings. The molecule has 17 heavy (non-hydrogen) atoms. The summed E-state index contributed by atoms with van der Waals surface area (Å²) in [6, 6.07) is 0. The number of amides is 1. The number of rotatable bonds is 4. The number of carbonyl (C=O) groups is 2. The van der Waals surface area contributed by atoms with Gasteiger partial charge in [0.15, 0.2) is 0 Å². The zero-order valence-corrected chi connectivity index (χ0v) is 11.0. The minimum Gasteiger partial charge on any atom is -0.480 e. The summed E-state index contributed by atoms with van der Waals surface area (Å²) in [5.41, 5.74) is -1.59. The van der Waals surface area contributed by atoms with E-state index in [9.17, 15) is 9.59 Å². The first-order chi connectivity index (χ1) is 7.78. The summed E-state index contributed by atoms with van der Waals surface area (Å²) in [6.45, 7) is 6.55. The number of hydrogen-bond acceptors (Lipinski definition) is 3. The summed E-state index contributed by atoms with van der Waals surface area (Å²) >= 11 is 0. The summed E-state index contributed by atoms with van der Waals surface area (Å²) in [5.74, 6) is -1.05. The SMILES string of the molecule is CCC1(C(=O)N(C)C(C)(C)C(=O)O)CCNC1. The van der Waals surface area contributed by atoms with E-state index in [1.807, 2.05) is 6.92 Å². The molecule has 1 fully saturated rings. The van der Waals surface area contributed by atoms with E-state index in [0.29, 0.717) is 6.54 Å². The topological polar surface area (TPSA) is 69.6 Å². The largest absolute Gasteiger partial charge is 0.480 e. The van der Waals surface area contributed by atoms with Gasteiger partial charge in [-0.15, -0.1) is 0 Å². The van der Waals surface area contributed by atoms with Crippen molar-refractivity contribution < 1.29 is 14.7 Å². The highest BCUT2D eigenvalue weighted by Crippen LogP contribution is 2.33. The van der Waals surface area contributed by atoms with Crippen molar-refractivity contribution in [3.63, 3.8) is 0 Å². The molecule has 98 valence electrons. The fraction of sp³-hybridized carbons (Fsp3) is 0.833. The van der Waals surface area contributed by atoms with Gasteiger partial charge in [0.1, 0.15) is 5.54 Å². The molecule has 5 heteroatoms. The van der Waals surface area contributed by atoms with Crippen molar-refractivity contribution in [1.29, 1.82) is 0 Å². The predicted molar refractivity (Wildman–Crippen MR) is 64.7 cm³/mol. The van der Waals surface area contributed by atoms with Crippen LogP contribution in [0, 0.1) is 5.41 Å². The summed E-state index contributed by atoms with van der Waals surface area (Å²) in [4.78, 5) is 25.0. The lowest BCUT2D eigenvalue weighted by Crippen LogP contribution is -2.55. The van der Waals surface area contributed by atoms with Crippen molar-refractivity contribution in [2.45, 2.75) is 39.2 Å². The number of carbonyl (C=O) groups excluding carboxylic acids is 1. The van der Waals surface area contributed by atoms with Crippen LogP contribution in [0.2, 0.25) is 0 Å². The lowest BCUT2D eigenvalue weighted by Gasteiger charge is -2.38. The second kappa shape index (κ2) is 4.64. The summed E-state index contributed by atoms with van der Waals surface area (Å²) in [5, 5.41) is 12.3. The van der Waals surface area contributed by atoms with Crippen molar-refractivity contribution in [3.8, 4) is 0 Å². The number of aliphatic carboxylic acids is 1. The Kier molecular flexibility index (Phi) is 3.81. The van der Waals surface area contributed by atoms with E-state index in [1.54, 1.807) is 20.9 Å². The van der Waals surface area contributed by atoms with Crippen LogP contribution in [0.5, 0.6) is 0 Å². The monoisotopic (exact) mass is 242 g/mol. The van der Waals surface area contributed by atoms with E-state index in [4.69, 9.17) is 5.11 Å². The van der Waals surface area contributed by atoms with E-state index in [0.717, 1.165) is 19.4 Å². The Morgan fingerprint density at radius 1 is 1.47 bits per heavy atom. The molecule has 0 aromatic heterocycles. The maximum absolute atomic E-state index is 12.5. The molecule has 5 nitrogen and oxygen atoms in total. The van der Waals surface area contributed by atoms with E-state index < -0.39 is 16.9 Å². The van der Waals surface area contributed by atoms with Crippen LogP contribution in [0.25, 0.3) is 0 Å². The van der Waals surface area contributed by atoms with Gasteiger partial charge in [-0.25, -0.2) is 4.79 Å². The van der Waals surface area contributed by atoms with E-state index >= 15 is 0 Å². The summed E-state index contributed by atoms with van der Waals surface area (Å²) in [7, 11) is 1.58. The van der Waals surface area contributed by atoms with Crippen molar-refractivity contribution in [2.24, 2.45) is 5.41 Å². The van der Waals surface area contributed by atoms with Crippen LogP contribution in [0.4, 0.5) is 0 Å². The Morgan fingerprint density at radius 3 is 2.41 bits per heavy atom. The smallest absolute Gasteiger partial charge is 0.329 e. The molecule has 0 bridgehead atoms. The van der Waals surface area contributed by atoms with Crippen LogP contribution >= 0.6 is 0 Å². The highest BCUT2D eigenvalue weighted by atomic mass is 16.4. The van der Waals surface area contributed by atoms with Crippen LogP contribution in [0.3, 0.4) is 0 Å². The average Bonchev–Trinajstić information content (AvgIpc) is 2.76. The molecule has 1 unspecified atom stereocenters. The zero-order valence-electron chi connectivity index (χ0n) is 11.0. The van der Waals surface area contributed by atoms with Crippen molar-refractivity contribution >= 4 is 11.9 Å². The van der Waals surface area contributed by atoms with Crippen LogP contribution < -0.4 is 5.32 Å². The predicted octanol–water partition coefficient (Wildman–Crippen LogP) is 0.698. The molecular weight excluding hydrogens is 220 g/mol. The number of nitrogens with one attached hydrogen (secondary N) is 1. The number of carboxylic acid groups (broad SMARTS) is 1. The summed E-state index contributed by atoms with van der Waals surface area (Å²) in [6.07, 6.45) is 1.52. The molecule has 0 saturated carbocycles. The normalized spacial score (nSPS) is 24.7. The van der Waals surface area contributed by atoms with Gasteiger partial charge in [0.05, 0.1) is 5.41 Å². The molecular formula is C12H22N2O3. The Balaban J connectivity index is 2.92.